The molecule has 0 bridgehead atoms. The molecule has 1 aromatic carbocycles. The van der Waals surface area contributed by atoms with Gasteiger partial charge in [0.25, 0.3) is 0 Å². The zero-order valence-corrected chi connectivity index (χ0v) is 11.0. The van der Waals surface area contributed by atoms with Crippen molar-refractivity contribution in [1.29, 1.82) is 5.26 Å². The summed E-state index contributed by atoms with van der Waals surface area (Å²) < 4.78 is 15.2. The van der Waals surface area contributed by atoms with Gasteiger partial charge in [-0.1, -0.05) is 0 Å². The molecule has 0 radical (unpaired) electrons. The van der Waals surface area contributed by atoms with Gasteiger partial charge in [0.1, 0.15) is 12.7 Å². The molecule has 0 aliphatic heterocycles. The summed E-state index contributed by atoms with van der Waals surface area (Å²) in [6, 6.07) is 4.15. The summed E-state index contributed by atoms with van der Waals surface area (Å²) in [7, 11) is 1.56. The lowest BCUT2D eigenvalue weighted by Gasteiger charge is -2.08. The second kappa shape index (κ2) is 7.93. The number of hydrogen-bond donors (Lipinski definition) is 1. The Balaban J connectivity index is 2.67. The van der Waals surface area contributed by atoms with Crippen molar-refractivity contribution in [3.05, 3.63) is 27.8 Å². The third-order valence-corrected chi connectivity index (χ3v) is 2.37. The van der Waals surface area contributed by atoms with Gasteiger partial charge in [-0.2, -0.15) is 5.26 Å². The lowest BCUT2D eigenvalue weighted by atomic mass is 10.1. The predicted molar refractivity (Wildman–Crippen MR) is 70.4 cm³/mol. The van der Waals surface area contributed by atoms with Crippen LogP contribution in [-0.4, -0.2) is 38.5 Å². The van der Waals surface area contributed by atoms with E-state index in [0.717, 1.165) is 6.07 Å². The van der Waals surface area contributed by atoms with E-state index in [1.165, 1.54) is 6.07 Å². The molecule has 0 saturated carbocycles. The van der Waals surface area contributed by atoms with Gasteiger partial charge >= 0.3 is 5.69 Å². The molecule has 0 aliphatic rings. The molecule has 0 aliphatic carbocycles. The van der Waals surface area contributed by atoms with E-state index in [1.807, 2.05) is 0 Å². The molecule has 0 spiro atoms. The standard InChI is InChI=1S/C12H15N3O5/c1-18-2-3-19-4-5-20-12-7-10(14)9(8-13)6-11(12)15(16)17/h6-7H,2-5,14H2,1H3. The fraction of sp³-hybridized carbons (Fsp3) is 0.417. The summed E-state index contributed by atoms with van der Waals surface area (Å²) in [5, 5.41) is 19.7. The Kier molecular flexibility index (Phi) is 6.22. The molecule has 0 heterocycles. The van der Waals surface area contributed by atoms with Crippen molar-refractivity contribution < 1.29 is 19.1 Å². The van der Waals surface area contributed by atoms with E-state index in [9.17, 15) is 10.1 Å². The lowest BCUT2D eigenvalue weighted by Crippen LogP contribution is -2.11. The normalized spacial score (nSPS) is 10.0. The average Bonchev–Trinajstić information content (AvgIpc) is 2.42. The number of nitriles is 1. The third-order valence-electron chi connectivity index (χ3n) is 2.37. The molecule has 8 heteroatoms. The van der Waals surface area contributed by atoms with Gasteiger partial charge in [0.2, 0.25) is 0 Å². The minimum atomic E-state index is -0.624. The maximum Gasteiger partial charge on any atom is 0.312 e. The average molecular weight is 281 g/mol. The number of nitrogens with zero attached hydrogens (tertiary/aromatic N) is 2. The number of benzene rings is 1. The SMILES string of the molecule is COCCOCCOc1cc(N)c(C#N)cc1[N+](=O)[O-]. The quantitative estimate of drug-likeness (QED) is 0.327. The van der Waals surface area contributed by atoms with Crippen LogP contribution in [0.5, 0.6) is 5.75 Å². The second-order valence-corrected chi connectivity index (χ2v) is 3.73. The third kappa shape index (κ3) is 4.38. The van der Waals surface area contributed by atoms with Gasteiger partial charge in [-0.3, -0.25) is 10.1 Å². The first-order chi connectivity index (χ1) is 9.60. The lowest BCUT2D eigenvalue weighted by molar-refractivity contribution is -0.385. The summed E-state index contributed by atoms with van der Waals surface area (Å²) in [4.78, 5) is 10.3. The molecule has 0 amide bonds. The van der Waals surface area contributed by atoms with Crippen molar-refractivity contribution in [3.8, 4) is 11.8 Å². The van der Waals surface area contributed by atoms with Crippen LogP contribution in [0, 0.1) is 21.4 Å². The van der Waals surface area contributed by atoms with Gasteiger partial charge in [0.05, 0.1) is 36.0 Å². The number of anilines is 1. The number of ether oxygens (including phenoxy) is 3. The van der Waals surface area contributed by atoms with Crippen LogP contribution in [0.1, 0.15) is 5.56 Å². The van der Waals surface area contributed by atoms with Crippen molar-refractivity contribution in [2.45, 2.75) is 0 Å². The first kappa shape index (κ1) is 15.7. The van der Waals surface area contributed by atoms with Crippen molar-refractivity contribution in [2.24, 2.45) is 0 Å². The number of nitro benzene ring substituents is 1. The smallest absolute Gasteiger partial charge is 0.312 e. The molecule has 108 valence electrons. The van der Waals surface area contributed by atoms with Crippen molar-refractivity contribution in [1.82, 2.24) is 0 Å². The Bertz CT molecular complexity index is 513. The maximum atomic E-state index is 10.9. The maximum absolute atomic E-state index is 10.9. The fourth-order valence-electron chi connectivity index (χ4n) is 1.39. The second-order valence-electron chi connectivity index (χ2n) is 3.73. The predicted octanol–water partition coefficient (Wildman–Crippen LogP) is 1.09. The number of rotatable bonds is 8. The van der Waals surface area contributed by atoms with Crippen molar-refractivity contribution in [3.63, 3.8) is 0 Å². The zero-order valence-electron chi connectivity index (χ0n) is 11.0. The Morgan fingerprint density at radius 2 is 2.05 bits per heavy atom. The monoisotopic (exact) mass is 281 g/mol. The van der Waals surface area contributed by atoms with Gasteiger partial charge in [0.15, 0.2) is 5.75 Å². The number of nitrogen functional groups attached to an aromatic ring is 1. The van der Waals surface area contributed by atoms with Crippen LogP contribution in [-0.2, 0) is 9.47 Å². The fourth-order valence-corrected chi connectivity index (χ4v) is 1.39. The summed E-state index contributed by atoms with van der Waals surface area (Å²) in [6.07, 6.45) is 0. The summed E-state index contributed by atoms with van der Waals surface area (Å²) >= 11 is 0. The van der Waals surface area contributed by atoms with Crippen LogP contribution in [0.25, 0.3) is 0 Å². The van der Waals surface area contributed by atoms with Crippen LogP contribution in [0.3, 0.4) is 0 Å². The van der Waals surface area contributed by atoms with Gasteiger partial charge in [-0.05, 0) is 0 Å². The molecule has 0 saturated heterocycles. The summed E-state index contributed by atoms with van der Waals surface area (Å²) in [5.41, 5.74) is 5.47. The molecule has 0 aromatic heterocycles. The van der Waals surface area contributed by atoms with E-state index in [0.29, 0.717) is 13.2 Å². The minimum absolute atomic E-state index is 0.0156. The van der Waals surface area contributed by atoms with Crippen LogP contribution in [0.15, 0.2) is 12.1 Å². The molecular weight excluding hydrogens is 266 g/mol. The highest BCUT2D eigenvalue weighted by Crippen LogP contribution is 2.31. The van der Waals surface area contributed by atoms with E-state index in [1.54, 1.807) is 13.2 Å². The van der Waals surface area contributed by atoms with Crippen LogP contribution >= 0.6 is 0 Å². The van der Waals surface area contributed by atoms with E-state index < -0.39 is 4.92 Å². The molecule has 0 fully saturated rings. The van der Waals surface area contributed by atoms with Crippen LogP contribution in [0.4, 0.5) is 11.4 Å². The Hall–Kier alpha value is -2.37. The van der Waals surface area contributed by atoms with E-state index in [2.05, 4.69) is 0 Å². The summed E-state index contributed by atoms with van der Waals surface area (Å²) in [6.45, 7) is 1.28. The van der Waals surface area contributed by atoms with Crippen LogP contribution < -0.4 is 10.5 Å². The molecule has 2 N–H and O–H groups in total. The number of nitrogens with two attached hydrogens (primary N) is 1. The van der Waals surface area contributed by atoms with E-state index in [4.69, 9.17) is 25.2 Å². The molecule has 8 nitrogen and oxygen atoms in total. The highest BCUT2D eigenvalue weighted by molar-refractivity contribution is 5.64. The number of hydrogen-bond acceptors (Lipinski definition) is 7. The Morgan fingerprint density at radius 1 is 1.35 bits per heavy atom. The van der Waals surface area contributed by atoms with Crippen molar-refractivity contribution >= 4 is 11.4 Å². The number of methoxy groups -OCH3 is 1. The van der Waals surface area contributed by atoms with E-state index >= 15 is 0 Å². The topological polar surface area (TPSA) is 121 Å². The van der Waals surface area contributed by atoms with Crippen LogP contribution in [0.2, 0.25) is 0 Å². The molecular formula is C12H15N3O5. The largest absolute Gasteiger partial charge is 0.484 e. The van der Waals surface area contributed by atoms with Crippen molar-refractivity contribution in [2.75, 3.05) is 39.3 Å². The molecule has 0 atom stereocenters. The molecule has 0 unspecified atom stereocenters. The highest BCUT2D eigenvalue weighted by Gasteiger charge is 2.18. The molecule has 1 rings (SSSR count). The minimum Gasteiger partial charge on any atom is -0.484 e. The Labute approximate surface area is 115 Å². The van der Waals surface area contributed by atoms with E-state index in [-0.39, 0.29) is 35.9 Å². The zero-order chi connectivity index (χ0) is 15.0. The first-order valence-corrected chi connectivity index (χ1v) is 5.77. The molecule has 20 heavy (non-hydrogen) atoms. The van der Waals surface area contributed by atoms with Gasteiger partial charge in [-0.15, -0.1) is 0 Å². The van der Waals surface area contributed by atoms with Gasteiger partial charge < -0.3 is 19.9 Å². The number of nitro groups is 1. The summed E-state index contributed by atoms with van der Waals surface area (Å²) in [5.74, 6) is 0.0156. The molecule has 1 aromatic rings. The first-order valence-electron chi connectivity index (χ1n) is 5.77. The van der Waals surface area contributed by atoms with Gasteiger partial charge in [-0.25, -0.2) is 0 Å². The Morgan fingerprint density at radius 3 is 2.65 bits per heavy atom. The highest BCUT2D eigenvalue weighted by atomic mass is 16.6. The van der Waals surface area contributed by atoms with Gasteiger partial charge in [0, 0.05) is 19.2 Å².